The van der Waals surface area contributed by atoms with Crippen LogP contribution in [0.1, 0.15) is 5.56 Å². The molecule has 0 saturated carbocycles. The van der Waals surface area contributed by atoms with Crippen molar-refractivity contribution in [1.29, 1.82) is 0 Å². The van der Waals surface area contributed by atoms with Gasteiger partial charge < -0.3 is 15.1 Å². The smallest absolute Gasteiger partial charge is 0.345 e. The maximum atomic E-state index is 12.8. The topological polar surface area (TPSA) is 35.6 Å². The van der Waals surface area contributed by atoms with Gasteiger partial charge >= 0.3 is 6.18 Å². The van der Waals surface area contributed by atoms with Crippen LogP contribution in [-0.2, 0) is 11.0 Å². The number of piperazine rings is 1. The molecule has 120 valence electrons. The Morgan fingerprint density at radius 2 is 1.91 bits per heavy atom. The molecule has 0 spiro atoms. The molecular formula is C13H13ClF3N3OS. The average Bonchev–Trinajstić information content (AvgIpc) is 2.48. The van der Waals surface area contributed by atoms with E-state index in [1.807, 2.05) is 0 Å². The van der Waals surface area contributed by atoms with Crippen molar-refractivity contribution in [2.24, 2.45) is 0 Å². The molecule has 1 aromatic rings. The number of hydrogen-bond donors (Lipinski definition) is 1. The summed E-state index contributed by atoms with van der Waals surface area (Å²) in [6, 6.07) is 3.54. The number of rotatable bonds is 2. The molecule has 1 N–H and O–H groups in total. The third kappa shape index (κ3) is 4.01. The molecule has 0 aromatic heterocycles. The molecule has 1 heterocycles. The van der Waals surface area contributed by atoms with Gasteiger partial charge in [0.2, 0.25) is 6.41 Å². The van der Waals surface area contributed by atoms with E-state index in [9.17, 15) is 18.0 Å². The molecule has 1 aliphatic rings. The molecule has 1 fully saturated rings. The van der Waals surface area contributed by atoms with Crippen molar-refractivity contribution in [3.8, 4) is 0 Å². The predicted octanol–water partition coefficient (Wildman–Crippen LogP) is 2.83. The average molecular weight is 352 g/mol. The number of anilines is 1. The van der Waals surface area contributed by atoms with Gasteiger partial charge in [-0.1, -0.05) is 11.6 Å². The van der Waals surface area contributed by atoms with Crippen molar-refractivity contribution in [2.75, 3.05) is 31.5 Å². The fourth-order valence-corrected chi connectivity index (χ4v) is 2.58. The van der Waals surface area contributed by atoms with Gasteiger partial charge in [0.15, 0.2) is 5.11 Å². The molecule has 4 nitrogen and oxygen atoms in total. The lowest BCUT2D eigenvalue weighted by molar-refractivity contribution is -0.137. The Bertz CT molecular complexity index is 574. The molecule has 1 aromatic carbocycles. The van der Waals surface area contributed by atoms with Gasteiger partial charge in [0.05, 0.1) is 10.6 Å². The first-order valence-electron chi connectivity index (χ1n) is 6.43. The monoisotopic (exact) mass is 351 g/mol. The molecule has 22 heavy (non-hydrogen) atoms. The summed E-state index contributed by atoms with van der Waals surface area (Å²) in [5.74, 6) is 0. The summed E-state index contributed by atoms with van der Waals surface area (Å²) in [7, 11) is 0. The van der Waals surface area contributed by atoms with E-state index in [1.54, 1.807) is 9.80 Å². The van der Waals surface area contributed by atoms with Crippen molar-refractivity contribution < 1.29 is 18.0 Å². The maximum absolute atomic E-state index is 12.8. The summed E-state index contributed by atoms with van der Waals surface area (Å²) in [6.45, 7) is 2.12. The van der Waals surface area contributed by atoms with Crippen LogP contribution in [0.4, 0.5) is 18.9 Å². The van der Waals surface area contributed by atoms with Crippen molar-refractivity contribution in [2.45, 2.75) is 6.18 Å². The summed E-state index contributed by atoms with van der Waals surface area (Å²) in [5.41, 5.74) is -0.688. The molecule has 0 aliphatic carbocycles. The quantitative estimate of drug-likeness (QED) is 0.656. The van der Waals surface area contributed by atoms with E-state index in [0.717, 1.165) is 12.5 Å². The zero-order valence-electron chi connectivity index (χ0n) is 11.4. The number of thiocarbonyl (C=S) groups is 1. The zero-order valence-corrected chi connectivity index (χ0v) is 12.9. The fraction of sp³-hybridized carbons (Fsp3) is 0.385. The molecule has 1 aliphatic heterocycles. The number of benzene rings is 1. The van der Waals surface area contributed by atoms with E-state index in [0.29, 0.717) is 31.3 Å². The van der Waals surface area contributed by atoms with Crippen LogP contribution < -0.4 is 5.32 Å². The van der Waals surface area contributed by atoms with E-state index in [-0.39, 0.29) is 10.7 Å². The minimum Gasteiger partial charge on any atom is -0.345 e. The van der Waals surface area contributed by atoms with Crippen LogP contribution in [0.15, 0.2) is 18.2 Å². The molecule has 2 rings (SSSR count). The fourth-order valence-electron chi connectivity index (χ4n) is 2.05. The lowest BCUT2D eigenvalue weighted by Crippen LogP contribution is -2.49. The minimum atomic E-state index is -4.52. The zero-order chi connectivity index (χ0) is 16.3. The highest BCUT2D eigenvalue weighted by Crippen LogP contribution is 2.36. The molecular weight excluding hydrogens is 339 g/mol. The molecule has 0 atom stereocenters. The molecule has 0 bridgehead atoms. The lowest BCUT2D eigenvalue weighted by Gasteiger charge is -2.34. The Hall–Kier alpha value is -1.54. The second-order valence-corrected chi connectivity index (χ2v) is 5.54. The molecule has 0 radical (unpaired) electrons. The highest BCUT2D eigenvalue weighted by atomic mass is 35.5. The van der Waals surface area contributed by atoms with Crippen molar-refractivity contribution in [3.63, 3.8) is 0 Å². The van der Waals surface area contributed by atoms with Crippen LogP contribution >= 0.6 is 23.8 Å². The lowest BCUT2D eigenvalue weighted by atomic mass is 10.2. The minimum absolute atomic E-state index is 0.222. The van der Waals surface area contributed by atoms with Gasteiger partial charge in [-0.25, -0.2) is 0 Å². The van der Waals surface area contributed by atoms with Crippen LogP contribution in [0.3, 0.4) is 0 Å². The van der Waals surface area contributed by atoms with Crippen LogP contribution in [0.2, 0.25) is 5.02 Å². The summed E-state index contributed by atoms with van der Waals surface area (Å²) in [4.78, 5) is 14.0. The summed E-state index contributed by atoms with van der Waals surface area (Å²) < 4.78 is 38.4. The molecule has 0 unspecified atom stereocenters. The van der Waals surface area contributed by atoms with Crippen LogP contribution in [0.25, 0.3) is 0 Å². The second-order valence-electron chi connectivity index (χ2n) is 4.75. The normalized spacial score (nSPS) is 15.6. The van der Waals surface area contributed by atoms with Crippen molar-refractivity contribution >= 4 is 41.0 Å². The Morgan fingerprint density at radius 1 is 1.27 bits per heavy atom. The van der Waals surface area contributed by atoms with E-state index >= 15 is 0 Å². The van der Waals surface area contributed by atoms with Crippen molar-refractivity contribution in [3.05, 3.63) is 28.8 Å². The van der Waals surface area contributed by atoms with E-state index in [4.69, 9.17) is 23.8 Å². The number of carbonyl (C=O) groups excluding carboxylic acids is 1. The van der Waals surface area contributed by atoms with Crippen LogP contribution in [0, 0.1) is 0 Å². The Morgan fingerprint density at radius 3 is 2.45 bits per heavy atom. The number of carbonyl (C=O) groups is 1. The van der Waals surface area contributed by atoms with E-state index < -0.39 is 11.7 Å². The van der Waals surface area contributed by atoms with Crippen LogP contribution in [-0.4, -0.2) is 47.5 Å². The van der Waals surface area contributed by atoms with Gasteiger partial charge in [-0.2, -0.15) is 13.2 Å². The summed E-state index contributed by atoms with van der Waals surface area (Å²) >= 11 is 10.8. The van der Waals surface area contributed by atoms with Gasteiger partial charge in [-0.05, 0) is 30.4 Å². The van der Waals surface area contributed by atoms with E-state index in [2.05, 4.69) is 5.32 Å². The first-order valence-corrected chi connectivity index (χ1v) is 7.22. The maximum Gasteiger partial charge on any atom is 0.417 e. The number of nitrogens with zero attached hydrogens (tertiary/aromatic N) is 2. The highest BCUT2D eigenvalue weighted by molar-refractivity contribution is 7.80. The molecule has 1 saturated heterocycles. The standard InChI is InChI=1S/C13H13ClF3N3OS/c14-11-2-1-9(7-10(11)13(15,16)17)18-12(22)20-5-3-19(8-21)4-6-20/h1-2,7-8H,3-6H2,(H,18,22). The third-order valence-electron chi connectivity index (χ3n) is 3.27. The van der Waals surface area contributed by atoms with Crippen LogP contribution in [0.5, 0.6) is 0 Å². The van der Waals surface area contributed by atoms with Gasteiger partial charge in [-0.15, -0.1) is 0 Å². The first-order chi connectivity index (χ1) is 10.3. The van der Waals surface area contributed by atoms with E-state index in [1.165, 1.54) is 12.1 Å². The number of amides is 1. The Kier molecular flexibility index (Phi) is 5.12. The van der Waals surface area contributed by atoms with Crippen molar-refractivity contribution in [1.82, 2.24) is 9.80 Å². The Balaban J connectivity index is 2.05. The highest BCUT2D eigenvalue weighted by Gasteiger charge is 2.33. The number of hydrogen-bond acceptors (Lipinski definition) is 2. The Labute approximate surface area is 135 Å². The second kappa shape index (κ2) is 6.70. The summed E-state index contributed by atoms with van der Waals surface area (Å²) in [5, 5.41) is 2.74. The third-order valence-corrected chi connectivity index (χ3v) is 3.96. The number of alkyl halides is 3. The van der Waals surface area contributed by atoms with Gasteiger partial charge in [-0.3, -0.25) is 4.79 Å². The van der Waals surface area contributed by atoms with Gasteiger partial charge in [0.1, 0.15) is 0 Å². The number of halogens is 4. The molecule has 1 amide bonds. The number of nitrogens with one attached hydrogen (secondary N) is 1. The SMILES string of the molecule is O=CN1CCN(C(=S)Nc2ccc(Cl)c(C(F)(F)F)c2)CC1. The predicted molar refractivity (Wildman–Crippen MR) is 81.9 cm³/mol. The summed E-state index contributed by atoms with van der Waals surface area (Å²) in [6.07, 6.45) is -3.76. The largest absolute Gasteiger partial charge is 0.417 e. The van der Waals surface area contributed by atoms with Gasteiger partial charge in [0.25, 0.3) is 0 Å². The first kappa shape index (κ1) is 16.8. The van der Waals surface area contributed by atoms with Gasteiger partial charge in [0, 0.05) is 31.9 Å². The molecule has 9 heteroatoms.